The SMILES string of the molecule is CCCCOc1ccc(Br)c(Cl)c1Cl. The lowest BCUT2D eigenvalue weighted by atomic mass is 10.3. The number of benzene rings is 1. The van der Waals surface area contributed by atoms with E-state index in [0.29, 0.717) is 22.4 Å². The van der Waals surface area contributed by atoms with E-state index in [1.165, 1.54) is 0 Å². The molecule has 0 atom stereocenters. The second-order valence-corrected chi connectivity index (χ2v) is 4.49. The fourth-order valence-electron chi connectivity index (χ4n) is 0.946. The minimum atomic E-state index is 0.470. The maximum atomic E-state index is 5.99. The highest BCUT2D eigenvalue weighted by molar-refractivity contribution is 9.10. The number of hydrogen-bond donors (Lipinski definition) is 0. The Labute approximate surface area is 102 Å². The summed E-state index contributed by atoms with van der Waals surface area (Å²) in [6, 6.07) is 3.64. The van der Waals surface area contributed by atoms with Crippen molar-refractivity contribution in [1.82, 2.24) is 0 Å². The molecule has 0 aliphatic rings. The van der Waals surface area contributed by atoms with E-state index in [-0.39, 0.29) is 0 Å². The molecule has 0 bridgehead atoms. The largest absolute Gasteiger partial charge is 0.492 e. The van der Waals surface area contributed by atoms with Crippen molar-refractivity contribution in [3.63, 3.8) is 0 Å². The fraction of sp³-hybridized carbons (Fsp3) is 0.400. The molecule has 78 valence electrons. The summed E-state index contributed by atoms with van der Waals surface area (Å²) in [7, 11) is 0. The first kappa shape index (κ1) is 12.2. The molecule has 0 saturated carbocycles. The molecule has 4 heteroatoms. The summed E-state index contributed by atoms with van der Waals surface area (Å²) >= 11 is 15.2. The third-order valence-electron chi connectivity index (χ3n) is 1.76. The van der Waals surface area contributed by atoms with Crippen molar-refractivity contribution in [2.45, 2.75) is 19.8 Å². The van der Waals surface area contributed by atoms with Gasteiger partial charge in [0, 0.05) is 4.47 Å². The molecule has 1 rings (SSSR count). The smallest absolute Gasteiger partial charge is 0.139 e. The highest BCUT2D eigenvalue weighted by Crippen LogP contribution is 2.37. The van der Waals surface area contributed by atoms with Gasteiger partial charge < -0.3 is 4.74 Å². The van der Waals surface area contributed by atoms with Gasteiger partial charge in [0.15, 0.2) is 0 Å². The summed E-state index contributed by atoms with van der Waals surface area (Å²) in [5.41, 5.74) is 0. The lowest BCUT2D eigenvalue weighted by Gasteiger charge is -2.08. The highest BCUT2D eigenvalue weighted by atomic mass is 79.9. The Kier molecular flexibility index (Phi) is 5.07. The van der Waals surface area contributed by atoms with Crippen LogP contribution in [0.4, 0.5) is 0 Å². The van der Waals surface area contributed by atoms with Crippen LogP contribution in [0, 0.1) is 0 Å². The second kappa shape index (κ2) is 5.84. The molecule has 1 aromatic carbocycles. The van der Waals surface area contributed by atoms with E-state index in [1.54, 1.807) is 0 Å². The van der Waals surface area contributed by atoms with Gasteiger partial charge in [0.1, 0.15) is 10.8 Å². The van der Waals surface area contributed by atoms with E-state index >= 15 is 0 Å². The van der Waals surface area contributed by atoms with Crippen LogP contribution < -0.4 is 4.74 Å². The van der Waals surface area contributed by atoms with Crippen molar-refractivity contribution in [1.29, 1.82) is 0 Å². The first-order valence-corrected chi connectivity index (χ1v) is 5.98. The molecule has 0 N–H and O–H groups in total. The van der Waals surface area contributed by atoms with Crippen LogP contribution in [0.1, 0.15) is 19.8 Å². The molecule has 0 fully saturated rings. The number of hydrogen-bond acceptors (Lipinski definition) is 1. The third kappa shape index (κ3) is 3.04. The molecular weight excluding hydrogens is 287 g/mol. The summed E-state index contributed by atoms with van der Waals surface area (Å²) in [6.07, 6.45) is 2.12. The second-order valence-electron chi connectivity index (χ2n) is 2.88. The van der Waals surface area contributed by atoms with E-state index in [4.69, 9.17) is 27.9 Å². The van der Waals surface area contributed by atoms with Crippen molar-refractivity contribution >= 4 is 39.1 Å². The van der Waals surface area contributed by atoms with E-state index in [9.17, 15) is 0 Å². The van der Waals surface area contributed by atoms with Gasteiger partial charge in [0.25, 0.3) is 0 Å². The summed E-state index contributed by atoms with van der Waals surface area (Å²) in [6.45, 7) is 2.79. The highest BCUT2D eigenvalue weighted by Gasteiger charge is 2.08. The molecule has 0 amide bonds. The number of ether oxygens (including phenoxy) is 1. The third-order valence-corrected chi connectivity index (χ3v) is 3.51. The normalized spacial score (nSPS) is 10.3. The summed E-state index contributed by atoms with van der Waals surface area (Å²) in [5.74, 6) is 0.647. The van der Waals surface area contributed by atoms with Crippen molar-refractivity contribution < 1.29 is 4.74 Å². The standard InChI is InChI=1S/C10H11BrCl2O/c1-2-3-6-14-8-5-4-7(11)9(12)10(8)13/h4-5H,2-3,6H2,1H3. The maximum Gasteiger partial charge on any atom is 0.139 e. The van der Waals surface area contributed by atoms with Crippen molar-refractivity contribution in [3.05, 3.63) is 26.7 Å². The molecule has 0 radical (unpaired) electrons. The van der Waals surface area contributed by atoms with Gasteiger partial charge in [-0.15, -0.1) is 0 Å². The van der Waals surface area contributed by atoms with Crippen LogP contribution in [0.2, 0.25) is 10.0 Å². The van der Waals surface area contributed by atoms with E-state index < -0.39 is 0 Å². The van der Waals surface area contributed by atoms with Crippen LogP contribution in [0.5, 0.6) is 5.75 Å². The Hall–Kier alpha value is 0.0800. The Balaban J connectivity index is 2.73. The van der Waals surface area contributed by atoms with Crippen LogP contribution in [0.15, 0.2) is 16.6 Å². The van der Waals surface area contributed by atoms with Crippen molar-refractivity contribution in [3.8, 4) is 5.75 Å². The Morgan fingerprint density at radius 1 is 1.29 bits per heavy atom. The van der Waals surface area contributed by atoms with Crippen LogP contribution in [-0.2, 0) is 0 Å². The first-order valence-electron chi connectivity index (χ1n) is 4.43. The van der Waals surface area contributed by atoms with E-state index in [1.807, 2.05) is 12.1 Å². The van der Waals surface area contributed by atoms with Crippen LogP contribution in [0.3, 0.4) is 0 Å². The Bertz CT molecular complexity index is 315. The van der Waals surface area contributed by atoms with Gasteiger partial charge >= 0.3 is 0 Å². The minimum Gasteiger partial charge on any atom is -0.492 e. The Morgan fingerprint density at radius 2 is 2.00 bits per heavy atom. The maximum absolute atomic E-state index is 5.99. The molecule has 0 spiro atoms. The molecular formula is C10H11BrCl2O. The van der Waals surface area contributed by atoms with Crippen LogP contribution in [-0.4, -0.2) is 6.61 Å². The van der Waals surface area contributed by atoms with Crippen molar-refractivity contribution in [2.24, 2.45) is 0 Å². The zero-order chi connectivity index (χ0) is 10.6. The van der Waals surface area contributed by atoms with E-state index in [2.05, 4.69) is 22.9 Å². The predicted molar refractivity (Wildman–Crippen MR) is 64.6 cm³/mol. The minimum absolute atomic E-state index is 0.470. The predicted octanol–water partition coefficient (Wildman–Crippen LogP) is 4.93. The van der Waals surface area contributed by atoms with E-state index in [0.717, 1.165) is 17.3 Å². The molecule has 0 heterocycles. The topological polar surface area (TPSA) is 9.23 Å². The molecule has 0 saturated heterocycles. The van der Waals surface area contributed by atoms with Gasteiger partial charge in [-0.05, 0) is 34.5 Å². The zero-order valence-corrected chi connectivity index (χ0v) is 10.9. The van der Waals surface area contributed by atoms with Gasteiger partial charge in [0.05, 0.1) is 11.6 Å². The molecule has 0 aliphatic carbocycles. The summed E-state index contributed by atoms with van der Waals surface area (Å²) in [4.78, 5) is 0. The summed E-state index contributed by atoms with van der Waals surface area (Å²) in [5, 5.41) is 0.970. The fourth-order valence-corrected chi connectivity index (χ4v) is 1.77. The van der Waals surface area contributed by atoms with Gasteiger partial charge in [-0.1, -0.05) is 36.5 Å². The first-order chi connectivity index (χ1) is 6.66. The van der Waals surface area contributed by atoms with Crippen LogP contribution >= 0.6 is 39.1 Å². The van der Waals surface area contributed by atoms with Crippen molar-refractivity contribution in [2.75, 3.05) is 6.61 Å². The molecule has 0 aliphatic heterocycles. The molecule has 1 nitrogen and oxygen atoms in total. The van der Waals surface area contributed by atoms with Gasteiger partial charge in [-0.2, -0.15) is 0 Å². The number of unbranched alkanes of at least 4 members (excludes halogenated alkanes) is 1. The van der Waals surface area contributed by atoms with Crippen LogP contribution in [0.25, 0.3) is 0 Å². The zero-order valence-electron chi connectivity index (χ0n) is 7.82. The van der Waals surface area contributed by atoms with Gasteiger partial charge in [-0.25, -0.2) is 0 Å². The number of rotatable bonds is 4. The molecule has 14 heavy (non-hydrogen) atoms. The van der Waals surface area contributed by atoms with Gasteiger partial charge in [-0.3, -0.25) is 0 Å². The lowest BCUT2D eigenvalue weighted by molar-refractivity contribution is 0.309. The molecule has 1 aromatic rings. The Morgan fingerprint density at radius 3 is 2.64 bits per heavy atom. The van der Waals surface area contributed by atoms with Gasteiger partial charge in [0.2, 0.25) is 0 Å². The number of halogens is 3. The average Bonchev–Trinajstić information content (AvgIpc) is 2.18. The molecule has 0 aromatic heterocycles. The quantitative estimate of drug-likeness (QED) is 0.565. The average molecular weight is 298 g/mol. The summed E-state index contributed by atoms with van der Waals surface area (Å²) < 4.78 is 6.26. The monoisotopic (exact) mass is 296 g/mol. The lowest BCUT2D eigenvalue weighted by Crippen LogP contribution is -1.97. The molecule has 0 unspecified atom stereocenters.